The van der Waals surface area contributed by atoms with E-state index in [2.05, 4.69) is 17.9 Å². The molecule has 54 valence electrons. The van der Waals surface area contributed by atoms with E-state index in [0.29, 0.717) is 18.8 Å². The van der Waals surface area contributed by atoms with E-state index in [-0.39, 0.29) is 6.09 Å². The molecule has 0 radical (unpaired) electrons. The van der Waals surface area contributed by atoms with Crippen molar-refractivity contribution >= 4 is 6.09 Å². The van der Waals surface area contributed by atoms with E-state index in [0.717, 1.165) is 0 Å². The zero-order valence-electron chi connectivity index (χ0n) is 5.67. The SMILES string of the molecule is C=CCN1C(=C)COC1=O. The summed E-state index contributed by atoms with van der Waals surface area (Å²) in [6, 6.07) is 0. The molecule has 0 aromatic carbocycles. The van der Waals surface area contributed by atoms with E-state index in [1.165, 1.54) is 4.90 Å². The Hall–Kier alpha value is -1.25. The molecular formula is C7H9NO2. The molecule has 0 N–H and O–H groups in total. The molecule has 0 spiro atoms. The van der Waals surface area contributed by atoms with Gasteiger partial charge in [-0.3, -0.25) is 4.90 Å². The van der Waals surface area contributed by atoms with Gasteiger partial charge in [-0.15, -0.1) is 6.58 Å². The standard InChI is InChI=1S/C7H9NO2/c1-3-4-8-6(2)5-10-7(8)9/h3H,1-2,4-5H2. The van der Waals surface area contributed by atoms with Crippen LogP contribution in [0.3, 0.4) is 0 Å². The van der Waals surface area contributed by atoms with Crippen LogP contribution in [0.1, 0.15) is 0 Å². The quantitative estimate of drug-likeness (QED) is 0.537. The van der Waals surface area contributed by atoms with Gasteiger partial charge in [0.05, 0.1) is 5.70 Å². The third-order valence-electron chi connectivity index (χ3n) is 1.28. The normalized spacial score (nSPS) is 17.4. The van der Waals surface area contributed by atoms with Gasteiger partial charge in [0.25, 0.3) is 0 Å². The van der Waals surface area contributed by atoms with Crippen molar-refractivity contribution in [3.8, 4) is 0 Å². The second-order valence-corrected chi connectivity index (χ2v) is 2.02. The number of rotatable bonds is 2. The van der Waals surface area contributed by atoms with Crippen molar-refractivity contribution in [2.75, 3.05) is 13.2 Å². The van der Waals surface area contributed by atoms with Gasteiger partial charge in [0.15, 0.2) is 0 Å². The maximum absolute atomic E-state index is 10.8. The Morgan fingerprint density at radius 2 is 2.50 bits per heavy atom. The van der Waals surface area contributed by atoms with Crippen molar-refractivity contribution in [3.05, 3.63) is 24.9 Å². The summed E-state index contributed by atoms with van der Waals surface area (Å²) < 4.78 is 4.67. The molecule has 3 nitrogen and oxygen atoms in total. The first-order valence-corrected chi connectivity index (χ1v) is 2.98. The minimum Gasteiger partial charge on any atom is -0.443 e. The molecule has 3 heteroatoms. The fourth-order valence-corrected chi connectivity index (χ4v) is 0.763. The van der Waals surface area contributed by atoms with Crippen LogP contribution in [0.4, 0.5) is 4.79 Å². The zero-order chi connectivity index (χ0) is 7.56. The van der Waals surface area contributed by atoms with E-state index in [1.54, 1.807) is 6.08 Å². The van der Waals surface area contributed by atoms with E-state index in [9.17, 15) is 4.79 Å². The summed E-state index contributed by atoms with van der Waals surface area (Å²) in [7, 11) is 0. The Morgan fingerprint density at radius 3 is 2.90 bits per heavy atom. The Bertz CT molecular complexity index is 170. The molecule has 1 rings (SSSR count). The highest BCUT2D eigenvalue weighted by Gasteiger charge is 2.23. The predicted molar refractivity (Wildman–Crippen MR) is 37.4 cm³/mol. The molecule has 1 saturated heterocycles. The highest BCUT2D eigenvalue weighted by atomic mass is 16.6. The summed E-state index contributed by atoms with van der Waals surface area (Å²) in [5.41, 5.74) is 0.699. The summed E-state index contributed by atoms with van der Waals surface area (Å²) in [5.74, 6) is 0. The van der Waals surface area contributed by atoms with Crippen LogP contribution in [0.2, 0.25) is 0 Å². The Kier molecular flexibility index (Phi) is 1.76. The van der Waals surface area contributed by atoms with E-state index in [4.69, 9.17) is 0 Å². The highest BCUT2D eigenvalue weighted by Crippen LogP contribution is 2.12. The fraction of sp³-hybridized carbons (Fsp3) is 0.286. The van der Waals surface area contributed by atoms with Crippen LogP contribution in [0.25, 0.3) is 0 Å². The second kappa shape index (κ2) is 2.56. The van der Waals surface area contributed by atoms with Gasteiger partial charge < -0.3 is 4.74 Å². The number of carbonyl (C=O) groups excluding carboxylic acids is 1. The van der Waals surface area contributed by atoms with E-state index in [1.807, 2.05) is 0 Å². The van der Waals surface area contributed by atoms with Crippen LogP contribution < -0.4 is 0 Å². The topological polar surface area (TPSA) is 29.5 Å². The lowest BCUT2D eigenvalue weighted by atomic mass is 10.4. The molecular weight excluding hydrogens is 130 g/mol. The van der Waals surface area contributed by atoms with Crippen molar-refractivity contribution < 1.29 is 9.53 Å². The lowest BCUT2D eigenvalue weighted by Gasteiger charge is -2.08. The van der Waals surface area contributed by atoms with E-state index < -0.39 is 0 Å². The predicted octanol–water partition coefficient (Wildman–Crippen LogP) is 1.14. The maximum Gasteiger partial charge on any atom is 0.414 e. The molecule has 1 aliphatic rings. The third-order valence-corrected chi connectivity index (χ3v) is 1.28. The molecule has 0 bridgehead atoms. The smallest absolute Gasteiger partial charge is 0.414 e. The number of carbonyl (C=O) groups is 1. The van der Waals surface area contributed by atoms with E-state index >= 15 is 0 Å². The van der Waals surface area contributed by atoms with Crippen molar-refractivity contribution in [2.24, 2.45) is 0 Å². The van der Waals surface area contributed by atoms with Crippen LogP contribution in [-0.4, -0.2) is 24.1 Å². The fourth-order valence-electron chi connectivity index (χ4n) is 0.763. The van der Waals surface area contributed by atoms with Crippen molar-refractivity contribution in [2.45, 2.75) is 0 Å². The zero-order valence-corrected chi connectivity index (χ0v) is 5.67. The largest absolute Gasteiger partial charge is 0.443 e. The Labute approximate surface area is 59.6 Å². The molecule has 0 aromatic rings. The van der Waals surface area contributed by atoms with Crippen molar-refractivity contribution in [3.63, 3.8) is 0 Å². The molecule has 0 atom stereocenters. The summed E-state index contributed by atoms with van der Waals surface area (Å²) in [4.78, 5) is 12.2. The lowest BCUT2D eigenvalue weighted by Crippen LogP contribution is -2.21. The maximum atomic E-state index is 10.8. The number of hydrogen-bond donors (Lipinski definition) is 0. The molecule has 0 unspecified atom stereocenters. The highest BCUT2D eigenvalue weighted by molar-refractivity contribution is 5.72. The van der Waals surface area contributed by atoms with Crippen LogP contribution in [0.5, 0.6) is 0 Å². The van der Waals surface area contributed by atoms with Gasteiger partial charge in [0.2, 0.25) is 0 Å². The van der Waals surface area contributed by atoms with Crippen LogP contribution in [0.15, 0.2) is 24.9 Å². The molecule has 0 saturated carbocycles. The van der Waals surface area contributed by atoms with Crippen molar-refractivity contribution in [1.82, 2.24) is 4.90 Å². The molecule has 1 heterocycles. The molecule has 1 aliphatic heterocycles. The second-order valence-electron chi connectivity index (χ2n) is 2.02. The Morgan fingerprint density at radius 1 is 1.80 bits per heavy atom. The number of hydrogen-bond acceptors (Lipinski definition) is 2. The first-order valence-electron chi connectivity index (χ1n) is 2.98. The van der Waals surface area contributed by atoms with Gasteiger partial charge in [-0.2, -0.15) is 0 Å². The first-order chi connectivity index (χ1) is 4.75. The first kappa shape index (κ1) is 6.86. The molecule has 0 aromatic heterocycles. The van der Waals surface area contributed by atoms with Crippen molar-refractivity contribution in [1.29, 1.82) is 0 Å². The lowest BCUT2D eigenvalue weighted by molar-refractivity contribution is 0.161. The van der Waals surface area contributed by atoms with Gasteiger partial charge in [-0.05, 0) is 0 Å². The third kappa shape index (κ3) is 1.03. The van der Waals surface area contributed by atoms with Crippen LogP contribution in [-0.2, 0) is 4.74 Å². The molecule has 0 aliphatic carbocycles. The molecule has 1 amide bonds. The molecule has 10 heavy (non-hydrogen) atoms. The average Bonchev–Trinajstić information content (AvgIpc) is 2.20. The molecule has 1 fully saturated rings. The summed E-state index contributed by atoms with van der Waals surface area (Å²) >= 11 is 0. The number of nitrogens with zero attached hydrogens (tertiary/aromatic N) is 1. The number of ether oxygens (including phenoxy) is 1. The Balaban J connectivity index is 2.62. The minimum absolute atomic E-state index is 0.312. The van der Waals surface area contributed by atoms with Crippen LogP contribution >= 0.6 is 0 Å². The minimum atomic E-state index is -0.329. The van der Waals surface area contributed by atoms with Gasteiger partial charge in [-0.25, -0.2) is 4.79 Å². The monoisotopic (exact) mass is 139 g/mol. The summed E-state index contributed by atoms with van der Waals surface area (Å²) in [6.07, 6.45) is 1.31. The summed E-state index contributed by atoms with van der Waals surface area (Å²) in [5, 5.41) is 0. The average molecular weight is 139 g/mol. The number of amides is 1. The van der Waals surface area contributed by atoms with Crippen LogP contribution in [0, 0.1) is 0 Å². The van der Waals surface area contributed by atoms with Gasteiger partial charge in [0.1, 0.15) is 6.61 Å². The van der Waals surface area contributed by atoms with Gasteiger partial charge >= 0.3 is 6.09 Å². The number of cyclic esters (lactones) is 1. The summed E-state index contributed by atoms with van der Waals surface area (Å²) in [6.45, 7) is 7.94. The van der Waals surface area contributed by atoms with Gasteiger partial charge in [-0.1, -0.05) is 12.7 Å². The van der Waals surface area contributed by atoms with Gasteiger partial charge in [0, 0.05) is 6.54 Å².